The van der Waals surface area contributed by atoms with Crippen molar-refractivity contribution in [2.75, 3.05) is 7.11 Å². The predicted octanol–water partition coefficient (Wildman–Crippen LogP) is 6.32. The van der Waals surface area contributed by atoms with Crippen LogP contribution in [0.3, 0.4) is 0 Å². The number of nitrogens with zero attached hydrogens (tertiary/aromatic N) is 3. The number of nitro benzene ring substituents is 1. The van der Waals surface area contributed by atoms with Gasteiger partial charge in [0.1, 0.15) is 17.2 Å². The minimum Gasteiger partial charge on any atom is -0.505 e. The fourth-order valence-corrected chi connectivity index (χ4v) is 2.67. The molecule has 1 N–H and O–H groups in total. The third-order valence-electron chi connectivity index (χ3n) is 4.41. The number of azo groups is 1. The summed E-state index contributed by atoms with van der Waals surface area (Å²) in [5.41, 5.74) is 1.43. The molecule has 2 aromatic carbocycles. The molecule has 0 aliphatic carbocycles. The highest BCUT2D eigenvalue weighted by Gasteiger charge is 2.25. The van der Waals surface area contributed by atoms with Crippen LogP contribution >= 0.6 is 0 Å². The average molecular weight is 385 g/mol. The molecule has 0 saturated heterocycles. The molecule has 7 nitrogen and oxygen atoms in total. The number of nitro groups is 1. The lowest BCUT2D eigenvalue weighted by atomic mass is 9.80. The van der Waals surface area contributed by atoms with Gasteiger partial charge in [0.2, 0.25) is 0 Å². The standard InChI is InChI=1S/C21H27N3O4/c1-20(2,3)13-10-15(21(4,5)6)19(25)17(11-13)23-22-16-9-8-14(28-7)12-18(16)24(26)27/h8-12,25H,1-7H3. The van der Waals surface area contributed by atoms with Crippen LogP contribution in [0.1, 0.15) is 52.7 Å². The quantitative estimate of drug-likeness (QED) is 0.378. The highest BCUT2D eigenvalue weighted by atomic mass is 16.6. The fourth-order valence-electron chi connectivity index (χ4n) is 2.67. The highest BCUT2D eigenvalue weighted by Crippen LogP contribution is 2.42. The number of ether oxygens (including phenoxy) is 1. The number of benzene rings is 2. The molecule has 2 rings (SSSR count). The molecule has 0 unspecified atom stereocenters. The molecular weight excluding hydrogens is 358 g/mol. The van der Waals surface area contributed by atoms with E-state index in [4.69, 9.17) is 4.74 Å². The summed E-state index contributed by atoms with van der Waals surface area (Å²) in [5, 5.41) is 30.3. The molecule has 0 spiro atoms. The van der Waals surface area contributed by atoms with E-state index in [1.54, 1.807) is 12.1 Å². The van der Waals surface area contributed by atoms with E-state index in [9.17, 15) is 15.2 Å². The average Bonchev–Trinajstić information content (AvgIpc) is 2.58. The lowest BCUT2D eigenvalue weighted by molar-refractivity contribution is -0.384. The molecular formula is C21H27N3O4. The molecule has 0 fully saturated rings. The van der Waals surface area contributed by atoms with E-state index in [1.165, 1.54) is 19.2 Å². The predicted molar refractivity (Wildman–Crippen MR) is 109 cm³/mol. The van der Waals surface area contributed by atoms with Gasteiger partial charge in [-0.05, 0) is 34.6 Å². The third-order valence-corrected chi connectivity index (χ3v) is 4.41. The van der Waals surface area contributed by atoms with E-state index in [0.717, 1.165) is 11.1 Å². The first kappa shape index (κ1) is 21.3. The van der Waals surface area contributed by atoms with Gasteiger partial charge in [0.05, 0.1) is 18.1 Å². The SMILES string of the molecule is COc1ccc(N=Nc2cc(C(C)(C)C)cc(C(C)(C)C)c2O)c([N+](=O)[O-])c1. The van der Waals surface area contributed by atoms with Crippen LogP contribution in [0.4, 0.5) is 17.1 Å². The molecule has 0 radical (unpaired) electrons. The van der Waals surface area contributed by atoms with Crippen LogP contribution in [0.25, 0.3) is 0 Å². The summed E-state index contributed by atoms with van der Waals surface area (Å²) in [6.45, 7) is 12.2. The zero-order valence-corrected chi connectivity index (χ0v) is 17.4. The Balaban J connectivity index is 2.62. The molecule has 7 heteroatoms. The van der Waals surface area contributed by atoms with Gasteiger partial charge in [0.15, 0.2) is 5.69 Å². The Morgan fingerprint density at radius 2 is 1.57 bits per heavy atom. The van der Waals surface area contributed by atoms with Crippen molar-refractivity contribution in [2.45, 2.75) is 52.4 Å². The Kier molecular flexibility index (Phi) is 5.77. The maximum Gasteiger partial charge on any atom is 0.300 e. The van der Waals surface area contributed by atoms with Crippen LogP contribution in [0.5, 0.6) is 11.5 Å². The second kappa shape index (κ2) is 7.58. The molecule has 0 aliphatic heterocycles. The molecule has 28 heavy (non-hydrogen) atoms. The molecule has 0 aliphatic rings. The molecule has 0 bridgehead atoms. The second-order valence-corrected chi connectivity index (χ2v) is 8.70. The molecule has 0 heterocycles. The molecule has 150 valence electrons. The van der Waals surface area contributed by atoms with Crippen LogP contribution in [0.15, 0.2) is 40.6 Å². The van der Waals surface area contributed by atoms with Crippen molar-refractivity contribution in [1.82, 2.24) is 0 Å². The molecule has 2 aromatic rings. The zero-order chi connectivity index (χ0) is 21.3. The van der Waals surface area contributed by atoms with Crippen LogP contribution in [0, 0.1) is 10.1 Å². The number of phenols is 1. The lowest BCUT2D eigenvalue weighted by Gasteiger charge is -2.26. The van der Waals surface area contributed by atoms with E-state index in [0.29, 0.717) is 5.75 Å². The Morgan fingerprint density at radius 1 is 0.964 bits per heavy atom. The van der Waals surface area contributed by atoms with Crippen LogP contribution in [-0.2, 0) is 10.8 Å². The number of aromatic hydroxyl groups is 1. The van der Waals surface area contributed by atoms with Gasteiger partial charge in [-0.15, -0.1) is 10.2 Å². The Morgan fingerprint density at radius 3 is 2.07 bits per heavy atom. The number of hydrogen-bond acceptors (Lipinski definition) is 6. The van der Waals surface area contributed by atoms with Crippen LogP contribution in [-0.4, -0.2) is 17.1 Å². The Bertz CT molecular complexity index is 922. The van der Waals surface area contributed by atoms with Crippen molar-refractivity contribution in [3.05, 3.63) is 51.6 Å². The first-order valence-corrected chi connectivity index (χ1v) is 8.96. The molecule has 0 atom stereocenters. The Hall–Kier alpha value is -2.96. The van der Waals surface area contributed by atoms with E-state index in [1.807, 2.05) is 26.8 Å². The van der Waals surface area contributed by atoms with Gasteiger partial charge in [0.25, 0.3) is 5.69 Å². The fraction of sp³-hybridized carbons (Fsp3) is 0.429. The topological polar surface area (TPSA) is 97.3 Å². The smallest absolute Gasteiger partial charge is 0.300 e. The van der Waals surface area contributed by atoms with Crippen molar-refractivity contribution < 1.29 is 14.8 Å². The van der Waals surface area contributed by atoms with Gasteiger partial charge in [-0.2, -0.15) is 0 Å². The maximum atomic E-state index is 11.3. The number of methoxy groups -OCH3 is 1. The van der Waals surface area contributed by atoms with Crippen molar-refractivity contribution in [3.8, 4) is 11.5 Å². The van der Waals surface area contributed by atoms with Crippen LogP contribution < -0.4 is 4.74 Å². The van der Waals surface area contributed by atoms with Crippen molar-refractivity contribution >= 4 is 17.1 Å². The minimum atomic E-state index is -0.539. The minimum absolute atomic E-state index is 0.0282. The normalized spacial score (nSPS) is 12.4. The summed E-state index contributed by atoms with van der Waals surface area (Å²) in [4.78, 5) is 10.8. The maximum absolute atomic E-state index is 11.3. The highest BCUT2D eigenvalue weighted by molar-refractivity contribution is 5.62. The van der Waals surface area contributed by atoms with E-state index in [-0.39, 0.29) is 33.6 Å². The molecule has 0 saturated carbocycles. The number of phenolic OH excluding ortho intramolecular Hbond substituents is 1. The summed E-state index contributed by atoms with van der Waals surface area (Å²) >= 11 is 0. The molecule has 0 aromatic heterocycles. The lowest BCUT2D eigenvalue weighted by Crippen LogP contribution is -2.16. The summed E-state index contributed by atoms with van der Waals surface area (Å²) in [6.07, 6.45) is 0. The third kappa shape index (κ3) is 4.65. The first-order valence-electron chi connectivity index (χ1n) is 8.96. The second-order valence-electron chi connectivity index (χ2n) is 8.70. The summed E-state index contributed by atoms with van der Waals surface area (Å²) in [5.74, 6) is 0.388. The summed E-state index contributed by atoms with van der Waals surface area (Å²) in [7, 11) is 1.43. The monoisotopic (exact) mass is 385 g/mol. The van der Waals surface area contributed by atoms with E-state index < -0.39 is 4.92 Å². The van der Waals surface area contributed by atoms with Crippen molar-refractivity contribution in [1.29, 1.82) is 0 Å². The van der Waals surface area contributed by atoms with Gasteiger partial charge in [-0.1, -0.05) is 47.6 Å². The first-order chi connectivity index (χ1) is 12.8. The van der Waals surface area contributed by atoms with Gasteiger partial charge in [-0.25, -0.2) is 0 Å². The van der Waals surface area contributed by atoms with Gasteiger partial charge >= 0.3 is 0 Å². The zero-order valence-electron chi connectivity index (χ0n) is 17.4. The van der Waals surface area contributed by atoms with Gasteiger partial charge in [-0.3, -0.25) is 10.1 Å². The molecule has 0 amide bonds. The van der Waals surface area contributed by atoms with E-state index in [2.05, 4.69) is 31.0 Å². The van der Waals surface area contributed by atoms with Crippen molar-refractivity contribution in [2.24, 2.45) is 10.2 Å². The Labute approximate surface area is 165 Å². The van der Waals surface area contributed by atoms with E-state index >= 15 is 0 Å². The number of hydrogen-bond donors (Lipinski definition) is 1. The van der Waals surface area contributed by atoms with Gasteiger partial charge in [0, 0.05) is 5.56 Å². The largest absolute Gasteiger partial charge is 0.505 e. The van der Waals surface area contributed by atoms with Crippen LogP contribution in [0.2, 0.25) is 0 Å². The summed E-state index contributed by atoms with van der Waals surface area (Å²) < 4.78 is 5.03. The number of rotatable bonds is 4. The van der Waals surface area contributed by atoms with Crippen molar-refractivity contribution in [3.63, 3.8) is 0 Å². The summed E-state index contributed by atoms with van der Waals surface area (Å²) in [6, 6.07) is 8.08. The van der Waals surface area contributed by atoms with Gasteiger partial charge < -0.3 is 9.84 Å².